The van der Waals surface area contributed by atoms with Gasteiger partial charge in [0.25, 0.3) is 0 Å². The molecule has 12 heteroatoms. The van der Waals surface area contributed by atoms with Gasteiger partial charge < -0.3 is 20.4 Å². The lowest BCUT2D eigenvalue weighted by Gasteiger charge is -2.52. The second-order valence-corrected chi connectivity index (χ2v) is 11.7. The Hall–Kier alpha value is -4.03. The van der Waals surface area contributed by atoms with Gasteiger partial charge >= 0.3 is 0 Å². The van der Waals surface area contributed by atoms with E-state index in [-0.39, 0.29) is 29.5 Å². The van der Waals surface area contributed by atoms with Crippen molar-refractivity contribution in [2.75, 3.05) is 40.1 Å². The summed E-state index contributed by atoms with van der Waals surface area (Å²) in [6.45, 7) is 0. The van der Waals surface area contributed by atoms with Crippen LogP contribution in [0, 0.1) is 35.3 Å². The second-order valence-electron chi connectivity index (χ2n) is 11.7. The van der Waals surface area contributed by atoms with Crippen LogP contribution in [0.25, 0.3) is 11.1 Å². The van der Waals surface area contributed by atoms with E-state index in [0.29, 0.717) is 17.3 Å². The second kappa shape index (κ2) is 10.1. The van der Waals surface area contributed by atoms with E-state index in [2.05, 4.69) is 5.32 Å². The predicted molar refractivity (Wildman–Crippen MR) is 146 cm³/mol. The number of phenolic OH excluding ortho intramolecular Hbond substituents is 1. The number of nitrogens with zero attached hydrogens (tertiary/aromatic N) is 2. The van der Waals surface area contributed by atoms with Crippen molar-refractivity contribution in [3.05, 3.63) is 47.0 Å². The molecular weight excluding hydrogens is 552 g/mol. The summed E-state index contributed by atoms with van der Waals surface area (Å²) in [7, 11) is 7.65. The van der Waals surface area contributed by atoms with Crippen LogP contribution in [0.5, 0.6) is 5.75 Å². The highest BCUT2D eigenvalue weighted by Crippen LogP contribution is 2.53. The number of phenols is 1. The number of hydrogen-bond acceptors (Lipinski definition) is 9. The zero-order valence-electron chi connectivity index (χ0n) is 23.7. The third kappa shape index (κ3) is 3.99. The van der Waals surface area contributed by atoms with Crippen molar-refractivity contribution in [2.45, 2.75) is 24.5 Å². The molecule has 42 heavy (non-hydrogen) atoms. The highest BCUT2D eigenvalue weighted by atomic mass is 19.1. The normalized spacial score (nSPS) is 28.7. The van der Waals surface area contributed by atoms with Crippen molar-refractivity contribution in [1.29, 1.82) is 0 Å². The number of fused-ring (bicyclic) bond motifs is 3. The number of Topliss-reactive ketones (excluding diaryl/α,β-unsaturated/α-hetero) is 4. The van der Waals surface area contributed by atoms with Gasteiger partial charge in [0.1, 0.15) is 17.4 Å². The third-order valence-corrected chi connectivity index (χ3v) is 8.96. The van der Waals surface area contributed by atoms with Crippen LogP contribution in [0.4, 0.5) is 14.5 Å². The number of rotatable bonds is 4. The zero-order chi connectivity index (χ0) is 31.0. The number of benzene rings is 2. The Morgan fingerprint density at radius 2 is 1.69 bits per heavy atom. The molecule has 0 aromatic heterocycles. The molecule has 10 nitrogen and oxygen atoms in total. The van der Waals surface area contributed by atoms with Gasteiger partial charge in [-0.25, -0.2) is 8.78 Å². The molecule has 2 aromatic carbocycles. The van der Waals surface area contributed by atoms with Gasteiger partial charge in [0.05, 0.1) is 17.5 Å². The minimum absolute atomic E-state index is 0.0682. The fraction of sp³-hybridized carbons (Fsp3) is 0.433. The standard InChI is InChI=1S/C30H31F2N3O7/c1-33-29(41)22-26(38)23(35(4)5)17-9-12-8-16-19(34(2)3)11-15(14-7-6-13(31)10-18(14)32)24(36)21(16)25(37)20(12)27(39)30(17,42)28(22)40/h6-7,10-12,17,20,22-23,36,42H,8-9H2,1-5H3,(H,33,41)/t12-,17-,20?,22?,23-,30-/m0/s1. The summed E-state index contributed by atoms with van der Waals surface area (Å²) in [6, 6.07) is 3.08. The number of anilines is 1. The SMILES string of the molecule is CNC(=O)C1C(=O)[C@@H](N(C)C)[C@@H]2C[C@@H]3Cc4c(N(C)C)cc(-c5ccc(F)cc5F)c(O)c4C(=O)C3C(=O)[C@]2(O)C1=O. The highest BCUT2D eigenvalue weighted by molar-refractivity contribution is 6.32. The molecule has 0 heterocycles. The Morgan fingerprint density at radius 1 is 1.02 bits per heavy atom. The number of likely N-dealkylation sites (N-methyl/N-ethyl adjacent to an activating group) is 1. The highest BCUT2D eigenvalue weighted by Gasteiger charge is 2.69. The summed E-state index contributed by atoms with van der Waals surface area (Å²) in [6.07, 6.45) is -0.000429. The molecule has 2 unspecified atom stereocenters. The molecule has 3 aliphatic carbocycles. The van der Waals surface area contributed by atoms with Gasteiger partial charge in [-0.05, 0) is 56.6 Å². The molecule has 0 radical (unpaired) electrons. The van der Waals surface area contributed by atoms with Gasteiger partial charge in [-0.3, -0.25) is 28.9 Å². The van der Waals surface area contributed by atoms with E-state index in [1.807, 2.05) is 0 Å². The number of ketones is 4. The van der Waals surface area contributed by atoms with Crippen molar-refractivity contribution in [1.82, 2.24) is 10.2 Å². The van der Waals surface area contributed by atoms with Crippen molar-refractivity contribution in [2.24, 2.45) is 23.7 Å². The first kappa shape index (κ1) is 29.5. The lowest BCUT2D eigenvalue weighted by atomic mass is 9.52. The van der Waals surface area contributed by atoms with Crippen LogP contribution in [0.3, 0.4) is 0 Å². The van der Waals surface area contributed by atoms with Gasteiger partial charge in [0.2, 0.25) is 5.91 Å². The lowest BCUT2D eigenvalue weighted by molar-refractivity contribution is -0.181. The van der Waals surface area contributed by atoms with E-state index in [0.717, 1.165) is 12.1 Å². The number of amides is 1. The predicted octanol–water partition coefficient (Wildman–Crippen LogP) is 1.14. The van der Waals surface area contributed by atoms with E-state index in [1.54, 1.807) is 19.0 Å². The maximum Gasteiger partial charge on any atom is 0.238 e. The van der Waals surface area contributed by atoms with Crippen molar-refractivity contribution < 1.29 is 43.0 Å². The average molecular weight is 584 g/mol. The Morgan fingerprint density at radius 3 is 2.26 bits per heavy atom. The van der Waals surface area contributed by atoms with Crippen LogP contribution in [-0.2, 0) is 25.6 Å². The molecule has 0 saturated heterocycles. The summed E-state index contributed by atoms with van der Waals surface area (Å²) in [5.74, 6) is -12.9. The molecule has 0 spiro atoms. The summed E-state index contributed by atoms with van der Waals surface area (Å²) >= 11 is 0. The van der Waals surface area contributed by atoms with E-state index in [9.17, 15) is 43.0 Å². The molecule has 0 bridgehead atoms. The Kier molecular flexibility index (Phi) is 7.05. The minimum atomic E-state index is -2.81. The molecule has 0 aliphatic heterocycles. The molecule has 3 N–H and O–H groups in total. The molecule has 5 rings (SSSR count). The number of hydrogen-bond donors (Lipinski definition) is 3. The number of halogens is 2. The Labute approximate surface area is 240 Å². The largest absolute Gasteiger partial charge is 0.507 e. The van der Waals surface area contributed by atoms with Gasteiger partial charge in [-0.2, -0.15) is 0 Å². The van der Waals surface area contributed by atoms with Crippen molar-refractivity contribution in [3.63, 3.8) is 0 Å². The fourth-order valence-electron chi connectivity index (χ4n) is 7.09. The number of nitrogens with one attached hydrogen (secondary N) is 1. The van der Waals surface area contributed by atoms with Crippen molar-refractivity contribution >= 4 is 34.7 Å². The van der Waals surface area contributed by atoms with E-state index in [1.165, 1.54) is 32.1 Å². The molecule has 6 atom stereocenters. The topological polar surface area (TPSA) is 144 Å². The first-order valence-electron chi connectivity index (χ1n) is 13.4. The maximum atomic E-state index is 14.8. The van der Waals surface area contributed by atoms with E-state index in [4.69, 9.17) is 0 Å². The average Bonchev–Trinajstić information content (AvgIpc) is 2.90. The molecule has 2 aromatic rings. The molecule has 222 valence electrons. The third-order valence-electron chi connectivity index (χ3n) is 8.96. The van der Waals surface area contributed by atoms with Crippen LogP contribution < -0.4 is 10.2 Å². The van der Waals surface area contributed by atoms with E-state index >= 15 is 0 Å². The van der Waals surface area contributed by atoms with Crippen LogP contribution in [-0.4, -0.2) is 91.0 Å². The van der Waals surface area contributed by atoms with Crippen LogP contribution >= 0.6 is 0 Å². The molecule has 1 amide bonds. The number of aliphatic hydroxyl groups is 1. The Balaban J connectivity index is 1.69. The van der Waals surface area contributed by atoms with Gasteiger partial charge in [0, 0.05) is 49.9 Å². The fourth-order valence-corrected chi connectivity index (χ4v) is 7.09. The van der Waals surface area contributed by atoms with Crippen LogP contribution in [0.2, 0.25) is 0 Å². The summed E-state index contributed by atoms with van der Waals surface area (Å²) in [5, 5.41) is 25.4. The quantitative estimate of drug-likeness (QED) is 0.452. The summed E-state index contributed by atoms with van der Waals surface area (Å²) < 4.78 is 28.5. The zero-order valence-corrected chi connectivity index (χ0v) is 23.7. The maximum absolute atomic E-state index is 14.8. The van der Waals surface area contributed by atoms with E-state index < -0.39 is 81.7 Å². The van der Waals surface area contributed by atoms with Gasteiger partial charge in [-0.15, -0.1) is 0 Å². The number of aromatic hydroxyl groups is 1. The van der Waals surface area contributed by atoms with Gasteiger partial charge in [0.15, 0.2) is 34.7 Å². The lowest BCUT2D eigenvalue weighted by Crippen LogP contribution is -2.74. The number of carbonyl (C=O) groups is 5. The Bertz CT molecular complexity index is 1570. The first-order chi connectivity index (χ1) is 19.7. The summed E-state index contributed by atoms with van der Waals surface area (Å²) in [4.78, 5) is 70.9. The molecular formula is C30H31F2N3O7. The first-order valence-corrected chi connectivity index (χ1v) is 13.4. The smallest absolute Gasteiger partial charge is 0.238 e. The minimum Gasteiger partial charge on any atom is -0.507 e. The van der Waals surface area contributed by atoms with Crippen LogP contribution in [0.1, 0.15) is 22.3 Å². The molecule has 2 saturated carbocycles. The monoisotopic (exact) mass is 583 g/mol. The summed E-state index contributed by atoms with van der Waals surface area (Å²) in [5.41, 5.74) is -2.52. The number of carbonyl (C=O) groups excluding carboxylic acids is 5. The van der Waals surface area contributed by atoms with Crippen LogP contribution in [0.15, 0.2) is 24.3 Å². The molecule has 3 aliphatic rings. The molecule has 2 fully saturated rings. The van der Waals surface area contributed by atoms with Crippen molar-refractivity contribution in [3.8, 4) is 16.9 Å². The van der Waals surface area contributed by atoms with Gasteiger partial charge in [-0.1, -0.05) is 0 Å².